The summed E-state index contributed by atoms with van der Waals surface area (Å²) in [5.41, 5.74) is 3.98. The zero-order valence-corrected chi connectivity index (χ0v) is 15.6. The number of halogens is 1. The van der Waals surface area contributed by atoms with Crippen LogP contribution in [0.2, 0.25) is 0 Å². The second kappa shape index (κ2) is 7.61. The SMILES string of the molecule is Cc1[nH]c2ccc(F)cc2c1CC(=O)NCc1ccc(C(=O)N(C)C)cc1. The monoisotopic (exact) mass is 367 g/mol. The molecule has 0 spiro atoms. The zero-order chi connectivity index (χ0) is 19.6. The van der Waals surface area contributed by atoms with Crippen LogP contribution in [0.1, 0.15) is 27.2 Å². The number of amides is 2. The molecule has 2 N–H and O–H groups in total. The van der Waals surface area contributed by atoms with Crippen molar-refractivity contribution >= 4 is 22.7 Å². The van der Waals surface area contributed by atoms with Gasteiger partial charge in [0.2, 0.25) is 5.91 Å². The van der Waals surface area contributed by atoms with E-state index in [9.17, 15) is 14.0 Å². The standard InChI is InChI=1S/C21H22FN3O2/c1-13-17(18-10-16(22)8-9-19(18)24-13)11-20(26)23-12-14-4-6-15(7-5-14)21(27)25(2)3/h4-10,24H,11-12H2,1-3H3,(H,23,26). The van der Waals surface area contributed by atoms with E-state index in [1.54, 1.807) is 32.3 Å². The Morgan fingerprint density at radius 3 is 2.48 bits per heavy atom. The summed E-state index contributed by atoms with van der Waals surface area (Å²) in [7, 11) is 3.41. The maximum absolute atomic E-state index is 13.5. The fraction of sp³-hybridized carbons (Fsp3) is 0.238. The van der Waals surface area contributed by atoms with Crippen molar-refractivity contribution in [3.8, 4) is 0 Å². The molecule has 2 amide bonds. The van der Waals surface area contributed by atoms with Gasteiger partial charge in [-0.3, -0.25) is 9.59 Å². The third kappa shape index (κ3) is 4.16. The van der Waals surface area contributed by atoms with Gasteiger partial charge in [-0.1, -0.05) is 12.1 Å². The Hall–Kier alpha value is -3.15. The Morgan fingerprint density at radius 2 is 1.81 bits per heavy atom. The van der Waals surface area contributed by atoms with Crippen LogP contribution in [0.25, 0.3) is 10.9 Å². The highest BCUT2D eigenvalue weighted by Crippen LogP contribution is 2.23. The number of benzene rings is 2. The quantitative estimate of drug-likeness (QED) is 0.727. The molecule has 3 rings (SSSR count). The largest absolute Gasteiger partial charge is 0.358 e. The lowest BCUT2D eigenvalue weighted by atomic mass is 10.1. The van der Waals surface area contributed by atoms with Crippen molar-refractivity contribution in [1.82, 2.24) is 15.2 Å². The molecule has 0 bridgehead atoms. The molecule has 27 heavy (non-hydrogen) atoms. The summed E-state index contributed by atoms with van der Waals surface area (Å²) in [5.74, 6) is -0.528. The molecule has 6 heteroatoms. The Bertz CT molecular complexity index is 991. The van der Waals surface area contributed by atoms with E-state index in [2.05, 4.69) is 10.3 Å². The van der Waals surface area contributed by atoms with Crippen LogP contribution in [0.15, 0.2) is 42.5 Å². The van der Waals surface area contributed by atoms with Gasteiger partial charge < -0.3 is 15.2 Å². The first-order chi connectivity index (χ1) is 12.8. The number of aryl methyl sites for hydroxylation is 1. The molecule has 2 aromatic carbocycles. The van der Waals surface area contributed by atoms with Crippen LogP contribution in [0.3, 0.4) is 0 Å². The maximum Gasteiger partial charge on any atom is 0.253 e. The average molecular weight is 367 g/mol. The van der Waals surface area contributed by atoms with E-state index >= 15 is 0 Å². The van der Waals surface area contributed by atoms with Crippen LogP contribution < -0.4 is 5.32 Å². The second-order valence-electron chi connectivity index (χ2n) is 6.77. The summed E-state index contributed by atoms with van der Waals surface area (Å²) in [4.78, 5) is 28.9. The van der Waals surface area contributed by atoms with E-state index < -0.39 is 0 Å². The second-order valence-corrected chi connectivity index (χ2v) is 6.77. The predicted octanol–water partition coefficient (Wildman–Crippen LogP) is 3.18. The number of nitrogens with zero attached hydrogens (tertiary/aromatic N) is 1. The minimum atomic E-state index is -0.324. The predicted molar refractivity (Wildman–Crippen MR) is 103 cm³/mol. The molecule has 3 aromatic rings. The van der Waals surface area contributed by atoms with Gasteiger partial charge >= 0.3 is 0 Å². The van der Waals surface area contributed by atoms with Gasteiger partial charge in [0.1, 0.15) is 5.82 Å². The van der Waals surface area contributed by atoms with E-state index in [0.29, 0.717) is 12.1 Å². The summed E-state index contributed by atoms with van der Waals surface area (Å²) in [5, 5.41) is 3.60. The van der Waals surface area contributed by atoms with Crippen molar-refractivity contribution in [1.29, 1.82) is 0 Å². The number of aromatic nitrogens is 1. The molecule has 0 atom stereocenters. The Kier molecular flexibility index (Phi) is 5.26. The van der Waals surface area contributed by atoms with Crippen LogP contribution >= 0.6 is 0 Å². The summed E-state index contributed by atoms with van der Waals surface area (Å²) in [6, 6.07) is 11.7. The molecule has 140 valence electrons. The average Bonchev–Trinajstić information content (AvgIpc) is 2.94. The molecule has 1 heterocycles. The fourth-order valence-corrected chi connectivity index (χ4v) is 3.03. The summed E-state index contributed by atoms with van der Waals surface area (Å²) >= 11 is 0. The number of aromatic amines is 1. The van der Waals surface area contributed by atoms with Gasteiger partial charge in [-0.15, -0.1) is 0 Å². The number of fused-ring (bicyclic) bond motifs is 1. The Labute approximate surface area is 157 Å². The summed E-state index contributed by atoms with van der Waals surface area (Å²) in [6.45, 7) is 2.24. The first-order valence-corrected chi connectivity index (χ1v) is 8.69. The Morgan fingerprint density at radius 1 is 1.11 bits per heavy atom. The normalized spacial score (nSPS) is 10.8. The van der Waals surface area contributed by atoms with Crippen molar-refractivity contribution in [2.24, 2.45) is 0 Å². The van der Waals surface area contributed by atoms with Gasteiger partial charge in [-0.25, -0.2) is 4.39 Å². The molecule has 0 unspecified atom stereocenters. The van der Waals surface area contributed by atoms with E-state index in [1.807, 2.05) is 19.1 Å². The third-order valence-corrected chi connectivity index (χ3v) is 4.52. The van der Waals surface area contributed by atoms with E-state index in [-0.39, 0.29) is 24.1 Å². The molecular weight excluding hydrogens is 345 g/mol. The molecule has 1 aromatic heterocycles. The van der Waals surface area contributed by atoms with Gasteiger partial charge in [-0.05, 0) is 48.4 Å². The molecule has 0 saturated carbocycles. The highest BCUT2D eigenvalue weighted by atomic mass is 19.1. The van der Waals surface area contributed by atoms with Gasteiger partial charge in [0, 0.05) is 42.8 Å². The number of rotatable bonds is 5. The highest BCUT2D eigenvalue weighted by Gasteiger charge is 2.13. The fourth-order valence-electron chi connectivity index (χ4n) is 3.03. The lowest BCUT2D eigenvalue weighted by molar-refractivity contribution is -0.120. The van der Waals surface area contributed by atoms with Crippen molar-refractivity contribution < 1.29 is 14.0 Å². The lowest BCUT2D eigenvalue weighted by Gasteiger charge is -2.11. The first-order valence-electron chi connectivity index (χ1n) is 8.69. The van der Waals surface area contributed by atoms with Crippen molar-refractivity contribution in [2.75, 3.05) is 14.1 Å². The number of carbonyl (C=O) groups excluding carboxylic acids is 2. The Balaban J connectivity index is 1.64. The van der Waals surface area contributed by atoms with Gasteiger partial charge in [0.05, 0.1) is 6.42 Å². The van der Waals surface area contributed by atoms with E-state index in [4.69, 9.17) is 0 Å². The summed E-state index contributed by atoms with van der Waals surface area (Å²) < 4.78 is 13.5. The minimum Gasteiger partial charge on any atom is -0.358 e. The first kappa shape index (κ1) is 18.6. The lowest BCUT2D eigenvalue weighted by Crippen LogP contribution is -2.25. The zero-order valence-electron chi connectivity index (χ0n) is 15.6. The number of carbonyl (C=O) groups is 2. The van der Waals surface area contributed by atoms with Crippen LogP contribution in [-0.4, -0.2) is 35.8 Å². The molecule has 5 nitrogen and oxygen atoms in total. The molecule has 0 saturated heterocycles. The topological polar surface area (TPSA) is 65.2 Å². The van der Waals surface area contributed by atoms with Gasteiger partial charge in [0.25, 0.3) is 5.91 Å². The number of hydrogen-bond donors (Lipinski definition) is 2. The van der Waals surface area contributed by atoms with Crippen LogP contribution in [0.5, 0.6) is 0 Å². The molecule has 0 aliphatic heterocycles. The van der Waals surface area contributed by atoms with Gasteiger partial charge in [-0.2, -0.15) is 0 Å². The number of hydrogen-bond acceptors (Lipinski definition) is 2. The van der Waals surface area contributed by atoms with E-state index in [1.165, 1.54) is 17.0 Å². The number of nitrogens with one attached hydrogen (secondary N) is 2. The number of H-pyrrole nitrogens is 1. The molecule has 0 radical (unpaired) electrons. The van der Waals surface area contributed by atoms with Crippen LogP contribution in [0.4, 0.5) is 4.39 Å². The molecule has 0 aliphatic carbocycles. The minimum absolute atomic E-state index is 0.0624. The molecule has 0 fully saturated rings. The van der Waals surface area contributed by atoms with Crippen LogP contribution in [-0.2, 0) is 17.8 Å². The molecule has 0 aliphatic rings. The van der Waals surface area contributed by atoms with Crippen molar-refractivity contribution in [3.63, 3.8) is 0 Å². The van der Waals surface area contributed by atoms with Crippen LogP contribution in [0, 0.1) is 12.7 Å². The highest BCUT2D eigenvalue weighted by molar-refractivity contribution is 5.94. The molecular formula is C21H22FN3O2. The van der Waals surface area contributed by atoms with Crippen molar-refractivity contribution in [2.45, 2.75) is 19.9 Å². The van der Waals surface area contributed by atoms with E-state index in [0.717, 1.165) is 27.7 Å². The third-order valence-electron chi connectivity index (χ3n) is 4.52. The smallest absolute Gasteiger partial charge is 0.253 e. The maximum atomic E-state index is 13.5. The van der Waals surface area contributed by atoms with Crippen molar-refractivity contribution in [3.05, 3.63) is 70.7 Å². The van der Waals surface area contributed by atoms with Gasteiger partial charge in [0.15, 0.2) is 0 Å². The summed E-state index contributed by atoms with van der Waals surface area (Å²) in [6.07, 6.45) is 0.173.